The van der Waals surface area contributed by atoms with Gasteiger partial charge in [0.05, 0.1) is 6.04 Å². The molecule has 0 bridgehead atoms. The second kappa shape index (κ2) is 3.92. The molecule has 0 aromatic carbocycles. The van der Waals surface area contributed by atoms with E-state index in [2.05, 4.69) is 16.0 Å². The third-order valence-electron chi connectivity index (χ3n) is 3.05. The summed E-state index contributed by atoms with van der Waals surface area (Å²) >= 11 is 0. The van der Waals surface area contributed by atoms with E-state index < -0.39 is 0 Å². The van der Waals surface area contributed by atoms with Crippen LogP contribution in [0.25, 0.3) is 0 Å². The Bertz CT molecular complexity index is 235. The Morgan fingerprint density at radius 2 is 2.08 bits per heavy atom. The Labute approximate surface area is 78.9 Å². The Morgan fingerprint density at radius 3 is 2.62 bits per heavy atom. The molecule has 0 amide bonds. The smallest absolute Gasteiger partial charge is 0.0519 e. The molecule has 1 saturated carbocycles. The Hall–Kier alpha value is -0.830. The number of nitrogens with two attached hydrogens (primary N) is 1. The summed E-state index contributed by atoms with van der Waals surface area (Å²) < 4.78 is 2.09. The van der Waals surface area contributed by atoms with Crippen LogP contribution < -0.4 is 5.73 Å². The molecule has 1 aromatic heterocycles. The molecular formula is C10H17N3. The minimum atomic E-state index is 0.623. The van der Waals surface area contributed by atoms with Gasteiger partial charge >= 0.3 is 0 Å². The minimum absolute atomic E-state index is 0.623. The molecule has 2 N–H and O–H groups in total. The van der Waals surface area contributed by atoms with Crippen molar-refractivity contribution in [3.8, 4) is 0 Å². The van der Waals surface area contributed by atoms with Gasteiger partial charge in [-0.2, -0.15) is 5.10 Å². The topological polar surface area (TPSA) is 43.8 Å². The molecular weight excluding hydrogens is 162 g/mol. The van der Waals surface area contributed by atoms with Gasteiger partial charge in [-0.25, -0.2) is 0 Å². The highest BCUT2D eigenvalue weighted by molar-refractivity contribution is 4.84. The summed E-state index contributed by atoms with van der Waals surface area (Å²) in [5.41, 5.74) is 5.64. The minimum Gasteiger partial charge on any atom is -0.330 e. The van der Waals surface area contributed by atoms with E-state index in [1.54, 1.807) is 0 Å². The van der Waals surface area contributed by atoms with Crippen LogP contribution in [0.2, 0.25) is 0 Å². The van der Waals surface area contributed by atoms with Crippen molar-refractivity contribution in [2.45, 2.75) is 31.7 Å². The summed E-state index contributed by atoms with van der Waals surface area (Å²) in [7, 11) is 0. The van der Waals surface area contributed by atoms with E-state index >= 15 is 0 Å². The predicted molar refractivity (Wildman–Crippen MR) is 52.3 cm³/mol. The van der Waals surface area contributed by atoms with E-state index in [9.17, 15) is 0 Å². The Kier molecular flexibility index (Phi) is 2.64. The first-order chi connectivity index (χ1) is 6.40. The van der Waals surface area contributed by atoms with Crippen molar-refractivity contribution in [3.05, 3.63) is 18.5 Å². The first-order valence-electron chi connectivity index (χ1n) is 5.09. The summed E-state index contributed by atoms with van der Waals surface area (Å²) in [6, 6.07) is 2.62. The van der Waals surface area contributed by atoms with Crippen LogP contribution in [0.3, 0.4) is 0 Å². The first kappa shape index (κ1) is 8.75. The van der Waals surface area contributed by atoms with Gasteiger partial charge in [-0.15, -0.1) is 0 Å². The van der Waals surface area contributed by atoms with E-state index in [-0.39, 0.29) is 0 Å². The highest BCUT2D eigenvalue weighted by Crippen LogP contribution is 2.30. The summed E-state index contributed by atoms with van der Waals surface area (Å²) in [6.07, 6.45) is 8.93. The van der Waals surface area contributed by atoms with E-state index in [0.717, 1.165) is 12.5 Å². The van der Waals surface area contributed by atoms with Crippen molar-refractivity contribution in [1.82, 2.24) is 9.78 Å². The SMILES string of the molecule is NCC1CCC(n2cccn2)CC1. The number of hydrogen-bond acceptors (Lipinski definition) is 2. The van der Waals surface area contributed by atoms with Gasteiger partial charge in [-0.05, 0) is 44.2 Å². The van der Waals surface area contributed by atoms with Gasteiger partial charge in [0, 0.05) is 12.4 Å². The third kappa shape index (κ3) is 1.91. The van der Waals surface area contributed by atoms with Gasteiger partial charge in [0.2, 0.25) is 0 Å². The van der Waals surface area contributed by atoms with Gasteiger partial charge in [0.15, 0.2) is 0 Å². The lowest BCUT2D eigenvalue weighted by Crippen LogP contribution is -2.23. The zero-order valence-corrected chi connectivity index (χ0v) is 7.89. The van der Waals surface area contributed by atoms with E-state index in [1.807, 2.05) is 12.3 Å². The molecule has 0 radical (unpaired) electrons. The molecule has 1 aliphatic carbocycles. The maximum atomic E-state index is 5.64. The normalized spacial score (nSPS) is 29.0. The van der Waals surface area contributed by atoms with Crippen molar-refractivity contribution in [2.24, 2.45) is 11.7 Å². The molecule has 0 spiro atoms. The van der Waals surface area contributed by atoms with Gasteiger partial charge in [-0.1, -0.05) is 0 Å². The second-order valence-electron chi connectivity index (χ2n) is 3.90. The Morgan fingerprint density at radius 1 is 1.31 bits per heavy atom. The zero-order valence-electron chi connectivity index (χ0n) is 7.89. The quantitative estimate of drug-likeness (QED) is 0.749. The highest BCUT2D eigenvalue weighted by atomic mass is 15.3. The van der Waals surface area contributed by atoms with Crippen molar-refractivity contribution in [3.63, 3.8) is 0 Å². The van der Waals surface area contributed by atoms with Crippen LogP contribution in [0.4, 0.5) is 0 Å². The van der Waals surface area contributed by atoms with E-state index in [4.69, 9.17) is 5.73 Å². The fourth-order valence-electron chi connectivity index (χ4n) is 2.14. The molecule has 1 fully saturated rings. The zero-order chi connectivity index (χ0) is 9.10. The third-order valence-corrected chi connectivity index (χ3v) is 3.05. The van der Waals surface area contributed by atoms with E-state index in [0.29, 0.717) is 6.04 Å². The van der Waals surface area contributed by atoms with Gasteiger partial charge in [-0.3, -0.25) is 4.68 Å². The van der Waals surface area contributed by atoms with Crippen LogP contribution in [0, 0.1) is 5.92 Å². The summed E-state index contributed by atoms with van der Waals surface area (Å²) in [4.78, 5) is 0. The summed E-state index contributed by atoms with van der Waals surface area (Å²) in [6.45, 7) is 0.853. The lowest BCUT2D eigenvalue weighted by Gasteiger charge is -2.27. The maximum Gasteiger partial charge on any atom is 0.0519 e. The molecule has 0 saturated heterocycles. The fourth-order valence-corrected chi connectivity index (χ4v) is 2.14. The predicted octanol–water partition coefficient (Wildman–Crippen LogP) is 1.57. The standard InChI is InChI=1S/C10H17N3/c11-8-9-2-4-10(5-3-9)13-7-1-6-12-13/h1,6-7,9-10H,2-5,8,11H2. The lowest BCUT2D eigenvalue weighted by atomic mass is 9.86. The molecule has 2 rings (SSSR count). The molecule has 72 valence electrons. The average molecular weight is 179 g/mol. The van der Waals surface area contributed by atoms with Gasteiger partial charge in [0.1, 0.15) is 0 Å². The van der Waals surface area contributed by atoms with Crippen molar-refractivity contribution in [2.75, 3.05) is 6.54 Å². The van der Waals surface area contributed by atoms with Crippen molar-refractivity contribution in [1.29, 1.82) is 0 Å². The van der Waals surface area contributed by atoms with Crippen LogP contribution in [-0.2, 0) is 0 Å². The molecule has 1 aliphatic rings. The van der Waals surface area contributed by atoms with Crippen molar-refractivity contribution < 1.29 is 0 Å². The van der Waals surface area contributed by atoms with Crippen molar-refractivity contribution >= 4 is 0 Å². The summed E-state index contributed by atoms with van der Waals surface area (Å²) in [5.74, 6) is 0.756. The monoisotopic (exact) mass is 179 g/mol. The van der Waals surface area contributed by atoms with E-state index in [1.165, 1.54) is 25.7 Å². The lowest BCUT2D eigenvalue weighted by molar-refractivity contribution is 0.265. The molecule has 1 heterocycles. The number of hydrogen-bond donors (Lipinski definition) is 1. The maximum absolute atomic E-state index is 5.64. The van der Waals surface area contributed by atoms with Gasteiger partial charge < -0.3 is 5.73 Å². The molecule has 1 aromatic rings. The van der Waals surface area contributed by atoms with Crippen LogP contribution >= 0.6 is 0 Å². The van der Waals surface area contributed by atoms with Crippen LogP contribution in [0.1, 0.15) is 31.7 Å². The number of aromatic nitrogens is 2. The number of rotatable bonds is 2. The molecule has 13 heavy (non-hydrogen) atoms. The average Bonchev–Trinajstić information content (AvgIpc) is 2.71. The molecule has 3 nitrogen and oxygen atoms in total. The second-order valence-corrected chi connectivity index (χ2v) is 3.90. The molecule has 0 unspecified atom stereocenters. The molecule has 0 aliphatic heterocycles. The van der Waals surface area contributed by atoms with Gasteiger partial charge in [0.25, 0.3) is 0 Å². The Balaban J connectivity index is 1.92. The highest BCUT2D eigenvalue weighted by Gasteiger charge is 2.21. The fraction of sp³-hybridized carbons (Fsp3) is 0.700. The molecule has 3 heteroatoms. The van der Waals surface area contributed by atoms with Crippen LogP contribution in [-0.4, -0.2) is 16.3 Å². The van der Waals surface area contributed by atoms with Crippen LogP contribution in [0.15, 0.2) is 18.5 Å². The molecule has 0 atom stereocenters. The van der Waals surface area contributed by atoms with Crippen LogP contribution in [0.5, 0.6) is 0 Å². The number of nitrogens with zero attached hydrogens (tertiary/aromatic N) is 2. The first-order valence-corrected chi connectivity index (χ1v) is 5.09. The summed E-state index contributed by atoms with van der Waals surface area (Å²) in [5, 5.41) is 4.28. The largest absolute Gasteiger partial charge is 0.330 e.